The van der Waals surface area contributed by atoms with Gasteiger partial charge in [0.15, 0.2) is 0 Å². The molecule has 2 heterocycles. The highest BCUT2D eigenvalue weighted by atomic mass is 19.4. The van der Waals surface area contributed by atoms with Gasteiger partial charge in [-0.25, -0.2) is 13.8 Å². The van der Waals surface area contributed by atoms with Gasteiger partial charge in [0, 0.05) is 50.3 Å². The van der Waals surface area contributed by atoms with Crippen LogP contribution >= 0.6 is 0 Å². The first-order chi connectivity index (χ1) is 21.4. The quantitative estimate of drug-likeness (QED) is 0.224. The SMILES string of the molecule is CNC(=O)c1ccc(OC)c(NCC#Cc2cc(C(=O)N[C@H]3CCN(CCC(F)F)C[C@@H]3C)c3ncn(CC(F)(F)F)c3c2)c1. The van der Waals surface area contributed by atoms with E-state index >= 15 is 0 Å². The summed E-state index contributed by atoms with van der Waals surface area (Å²) in [5.74, 6) is 5.47. The molecule has 45 heavy (non-hydrogen) atoms. The topological polar surface area (TPSA) is 101 Å². The molecule has 1 aromatic heterocycles. The molecule has 2 aromatic carbocycles. The molecule has 2 atom stereocenters. The van der Waals surface area contributed by atoms with Crippen LogP contribution in [-0.4, -0.2) is 85.2 Å². The van der Waals surface area contributed by atoms with Crippen molar-refractivity contribution in [2.24, 2.45) is 5.92 Å². The molecular weight excluding hydrogens is 599 g/mol. The van der Waals surface area contributed by atoms with Crippen molar-refractivity contribution in [2.75, 3.05) is 45.7 Å². The number of amides is 2. The Bertz CT molecular complexity index is 1580. The number of fused-ring (bicyclic) bond motifs is 1. The number of carbonyl (C=O) groups is 2. The van der Waals surface area contributed by atoms with Gasteiger partial charge in [-0.1, -0.05) is 18.8 Å². The van der Waals surface area contributed by atoms with Crippen LogP contribution in [0.25, 0.3) is 11.0 Å². The van der Waals surface area contributed by atoms with Crippen LogP contribution in [0.4, 0.5) is 27.6 Å². The molecule has 0 unspecified atom stereocenters. The number of hydrogen-bond donors (Lipinski definition) is 3. The van der Waals surface area contributed by atoms with Gasteiger partial charge in [0.05, 0.1) is 36.7 Å². The third-order valence-electron chi connectivity index (χ3n) is 7.58. The van der Waals surface area contributed by atoms with Gasteiger partial charge in [-0.05, 0) is 42.7 Å². The smallest absolute Gasteiger partial charge is 0.406 e. The van der Waals surface area contributed by atoms with Crippen molar-refractivity contribution in [1.29, 1.82) is 0 Å². The van der Waals surface area contributed by atoms with Gasteiger partial charge in [-0.2, -0.15) is 13.2 Å². The molecule has 4 rings (SSSR count). The third-order valence-corrected chi connectivity index (χ3v) is 7.58. The van der Waals surface area contributed by atoms with Crippen molar-refractivity contribution < 1.29 is 36.3 Å². The summed E-state index contributed by atoms with van der Waals surface area (Å²) in [6.07, 6.45) is -5.54. The Kier molecular flexibility index (Phi) is 10.9. The predicted molar refractivity (Wildman–Crippen MR) is 160 cm³/mol. The van der Waals surface area contributed by atoms with Crippen LogP contribution in [-0.2, 0) is 6.54 Å². The zero-order chi connectivity index (χ0) is 32.7. The average molecular weight is 635 g/mol. The number of carbonyl (C=O) groups excluding carboxylic acids is 2. The Labute approximate surface area is 257 Å². The number of hydrogen-bond acceptors (Lipinski definition) is 6. The molecule has 0 aliphatic carbocycles. The summed E-state index contributed by atoms with van der Waals surface area (Å²) in [6, 6.07) is 7.53. The highest BCUT2D eigenvalue weighted by Crippen LogP contribution is 2.27. The molecule has 2 amide bonds. The number of benzene rings is 2. The van der Waals surface area contributed by atoms with Gasteiger partial charge in [-0.15, -0.1) is 0 Å². The highest BCUT2D eigenvalue weighted by molar-refractivity contribution is 6.05. The second-order valence-electron chi connectivity index (χ2n) is 10.9. The molecule has 3 aromatic rings. The lowest BCUT2D eigenvalue weighted by molar-refractivity contribution is -0.140. The molecule has 1 aliphatic rings. The summed E-state index contributed by atoms with van der Waals surface area (Å²) < 4.78 is 71.5. The van der Waals surface area contributed by atoms with E-state index in [4.69, 9.17) is 4.74 Å². The monoisotopic (exact) mass is 634 g/mol. The number of nitrogens with one attached hydrogen (secondary N) is 3. The molecule has 0 spiro atoms. The summed E-state index contributed by atoms with van der Waals surface area (Å²) >= 11 is 0. The number of aromatic nitrogens is 2. The van der Waals surface area contributed by atoms with Crippen molar-refractivity contribution in [3.8, 4) is 17.6 Å². The van der Waals surface area contributed by atoms with E-state index < -0.39 is 25.1 Å². The maximum atomic E-state index is 13.5. The van der Waals surface area contributed by atoms with E-state index in [9.17, 15) is 31.5 Å². The van der Waals surface area contributed by atoms with Gasteiger partial charge >= 0.3 is 6.18 Å². The Hall–Kier alpha value is -4.38. The number of rotatable bonds is 10. The molecule has 1 saturated heterocycles. The summed E-state index contributed by atoms with van der Waals surface area (Å²) in [7, 11) is 3.00. The molecule has 1 aliphatic heterocycles. The number of ether oxygens (including phenoxy) is 1. The van der Waals surface area contributed by atoms with E-state index in [-0.39, 0.29) is 54.0 Å². The van der Waals surface area contributed by atoms with Gasteiger partial charge in [0.2, 0.25) is 6.43 Å². The highest BCUT2D eigenvalue weighted by Gasteiger charge is 2.31. The molecule has 9 nitrogen and oxygen atoms in total. The van der Waals surface area contributed by atoms with Crippen LogP contribution in [0.5, 0.6) is 5.75 Å². The maximum absolute atomic E-state index is 13.5. The van der Waals surface area contributed by atoms with Gasteiger partial charge < -0.3 is 30.2 Å². The van der Waals surface area contributed by atoms with E-state index in [0.717, 1.165) is 10.9 Å². The zero-order valence-corrected chi connectivity index (χ0v) is 25.1. The van der Waals surface area contributed by atoms with Crippen molar-refractivity contribution in [3.05, 3.63) is 53.3 Å². The lowest BCUT2D eigenvalue weighted by Crippen LogP contribution is -2.50. The van der Waals surface area contributed by atoms with E-state index in [1.165, 1.54) is 26.3 Å². The Balaban J connectivity index is 1.56. The summed E-state index contributed by atoms with van der Waals surface area (Å²) in [5.41, 5.74) is 1.52. The predicted octanol–water partition coefficient (Wildman–Crippen LogP) is 4.53. The fourth-order valence-electron chi connectivity index (χ4n) is 5.32. The Morgan fingerprint density at radius 1 is 1.18 bits per heavy atom. The Morgan fingerprint density at radius 3 is 2.62 bits per heavy atom. The standard InChI is InChI=1S/C31H35F5N6O3/c1-19-16-41(12-9-27(32)33)11-8-23(19)40-30(44)22-13-20(14-25-28(22)39-18-42(25)17-31(34,35)36)5-4-10-38-24-15-21(29(43)37-2)6-7-26(24)45-3/h6-7,13-15,18-19,23,27,38H,8-12,16-17H2,1-3H3,(H,37,43)(H,40,44)/t19-,23-/m0/s1. The first-order valence-corrected chi connectivity index (χ1v) is 14.4. The van der Waals surface area contributed by atoms with Crippen LogP contribution in [0.2, 0.25) is 0 Å². The van der Waals surface area contributed by atoms with Crippen molar-refractivity contribution in [2.45, 2.75) is 45.0 Å². The van der Waals surface area contributed by atoms with Crippen LogP contribution in [0.1, 0.15) is 46.0 Å². The molecule has 242 valence electrons. The van der Waals surface area contributed by atoms with Crippen LogP contribution in [0.15, 0.2) is 36.7 Å². The second-order valence-corrected chi connectivity index (χ2v) is 10.9. The molecule has 0 radical (unpaired) electrons. The lowest BCUT2D eigenvalue weighted by atomic mass is 9.93. The van der Waals surface area contributed by atoms with Crippen LogP contribution in [0.3, 0.4) is 0 Å². The molecular formula is C31H35F5N6O3. The minimum atomic E-state index is -4.52. The zero-order valence-electron chi connectivity index (χ0n) is 25.1. The molecule has 3 N–H and O–H groups in total. The van der Waals surface area contributed by atoms with Crippen LogP contribution < -0.4 is 20.7 Å². The minimum Gasteiger partial charge on any atom is -0.495 e. The molecule has 14 heteroatoms. The van der Waals surface area contributed by atoms with Crippen molar-refractivity contribution >= 4 is 28.5 Å². The van der Waals surface area contributed by atoms with Gasteiger partial charge in [0.25, 0.3) is 11.8 Å². The number of nitrogens with zero attached hydrogens (tertiary/aromatic N) is 3. The fraction of sp³-hybridized carbons (Fsp3) is 0.452. The third kappa shape index (κ3) is 8.85. The van der Waals surface area contributed by atoms with Crippen LogP contribution in [0, 0.1) is 17.8 Å². The number of piperidine rings is 1. The first-order valence-electron chi connectivity index (χ1n) is 14.4. The largest absolute Gasteiger partial charge is 0.495 e. The van der Waals surface area contributed by atoms with E-state index in [2.05, 4.69) is 32.8 Å². The Morgan fingerprint density at radius 2 is 1.96 bits per heavy atom. The lowest BCUT2D eigenvalue weighted by Gasteiger charge is -2.37. The fourth-order valence-corrected chi connectivity index (χ4v) is 5.32. The van der Waals surface area contributed by atoms with E-state index in [0.29, 0.717) is 42.1 Å². The number of alkyl halides is 5. The van der Waals surface area contributed by atoms with Gasteiger partial charge in [0.1, 0.15) is 17.8 Å². The number of halogens is 5. The minimum absolute atomic E-state index is 0.0356. The first kappa shape index (κ1) is 33.5. The average Bonchev–Trinajstić information content (AvgIpc) is 3.39. The summed E-state index contributed by atoms with van der Waals surface area (Å²) in [5, 5.41) is 8.60. The molecule has 0 saturated carbocycles. The van der Waals surface area contributed by atoms with Crippen molar-refractivity contribution in [3.63, 3.8) is 0 Å². The molecule has 0 bridgehead atoms. The molecule has 1 fully saturated rings. The number of methoxy groups -OCH3 is 1. The van der Waals surface area contributed by atoms with Gasteiger partial charge in [-0.3, -0.25) is 9.59 Å². The van der Waals surface area contributed by atoms with Crippen molar-refractivity contribution in [1.82, 2.24) is 25.1 Å². The van der Waals surface area contributed by atoms with E-state index in [1.807, 2.05) is 11.8 Å². The normalized spacial score (nSPS) is 17.1. The maximum Gasteiger partial charge on any atom is 0.406 e. The summed E-state index contributed by atoms with van der Waals surface area (Å²) in [6.45, 7) is 2.05. The second kappa shape index (κ2) is 14.6. The number of imidazole rings is 1. The summed E-state index contributed by atoms with van der Waals surface area (Å²) in [4.78, 5) is 31.6. The number of likely N-dealkylation sites (tertiary alicyclic amines) is 1. The van der Waals surface area contributed by atoms with E-state index in [1.54, 1.807) is 18.2 Å². The number of anilines is 1.